The Morgan fingerprint density at radius 1 is 0.966 bits per heavy atom. The first-order chi connectivity index (χ1) is 14.0. The van der Waals surface area contributed by atoms with E-state index in [2.05, 4.69) is 5.32 Å². The number of nitrogens with one attached hydrogen (secondary N) is 1. The minimum atomic E-state index is -1.14. The lowest BCUT2D eigenvalue weighted by atomic mass is 10.1. The Balaban J connectivity index is 1.43. The second-order valence-corrected chi connectivity index (χ2v) is 6.32. The molecule has 150 valence electrons. The summed E-state index contributed by atoms with van der Waals surface area (Å²) in [5, 5.41) is 2.56. The first kappa shape index (κ1) is 20.1. The molecule has 0 radical (unpaired) electrons. The van der Waals surface area contributed by atoms with Gasteiger partial charge in [-0.2, -0.15) is 0 Å². The number of esters is 1. The van der Waals surface area contributed by atoms with Crippen LogP contribution in [0.5, 0.6) is 5.75 Å². The number of hydrogen-bond acceptors (Lipinski definition) is 6. The number of imide groups is 1. The number of amides is 3. The summed E-state index contributed by atoms with van der Waals surface area (Å²) in [7, 11) is 0. The number of hydrogen-bond donors (Lipinski definition) is 1. The van der Waals surface area contributed by atoms with Gasteiger partial charge in [-0.05, 0) is 31.2 Å². The predicted molar refractivity (Wildman–Crippen MR) is 102 cm³/mol. The molecule has 0 saturated heterocycles. The number of nitrogens with zero attached hydrogens (tertiary/aromatic N) is 1. The number of benzene rings is 2. The molecule has 0 fully saturated rings. The average molecular weight is 396 g/mol. The quantitative estimate of drug-likeness (QED) is 0.411. The van der Waals surface area contributed by atoms with Crippen molar-refractivity contribution in [1.29, 1.82) is 0 Å². The van der Waals surface area contributed by atoms with Crippen molar-refractivity contribution in [3.8, 4) is 5.75 Å². The maximum Gasteiger partial charge on any atom is 0.329 e. The Labute approximate surface area is 167 Å². The number of carbonyl (C=O) groups excluding carboxylic acids is 4. The first-order valence-corrected chi connectivity index (χ1v) is 9.07. The van der Waals surface area contributed by atoms with Crippen LogP contribution in [0.15, 0.2) is 54.6 Å². The monoisotopic (exact) mass is 396 g/mol. The van der Waals surface area contributed by atoms with Crippen LogP contribution in [0.25, 0.3) is 0 Å². The van der Waals surface area contributed by atoms with E-state index in [1.807, 2.05) is 18.2 Å². The maximum absolute atomic E-state index is 12.4. The molecule has 0 unspecified atom stereocenters. The second-order valence-electron chi connectivity index (χ2n) is 6.32. The van der Waals surface area contributed by atoms with Gasteiger partial charge < -0.3 is 14.8 Å². The van der Waals surface area contributed by atoms with Crippen LogP contribution in [-0.4, -0.2) is 54.4 Å². The Morgan fingerprint density at radius 2 is 1.55 bits per heavy atom. The predicted octanol–water partition coefficient (Wildman–Crippen LogP) is 1.41. The Bertz CT molecular complexity index is 893. The van der Waals surface area contributed by atoms with Crippen LogP contribution in [0.2, 0.25) is 0 Å². The van der Waals surface area contributed by atoms with Crippen LogP contribution >= 0.6 is 0 Å². The molecule has 2 aromatic rings. The zero-order valence-corrected chi connectivity index (χ0v) is 15.8. The van der Waals surface area contributed by atoms with E-state index in [0.717, 1.165) is 4.90 Å². The number of rotatable bonds is 8. The van der Waals surface area contributed by atoms with E-state index in [1.165, 1.54) is 19.1 Å². The molecule has 8 nitrogen and oxygen atoms in total. The van der Waals surface area contributed by atoms with E-state index in [0.29, 0.717) is 5.75 Å². The number of carbonyl (C=O) groups is 4. The highest BCUT2D eigenvalue weighted by molar-refractivity contribution is 6.22. The van der Waals surface area contributed by atoms with Gasteiger partial charge in [0.25, 0.3) is 17.7 Å². The van der Waals surface area contributed by atoms with E-state index in [1.54, 1.807) is 24.3 Å². The van der Waals surface area contributed by atoms with Gasteiger partial charge in [-0.1, -0.05) is 30.3 Å². The van der Waals surface area contributed by atoms with E-state index in [-0.39, 0.29) is 24.3 Å². The standard InChI is InChI=1S/C21H20N2O6/c1-14(23-19(25)16-9-5-6-10-17(16)20(23)26)21(27)29-13-18(24)22-11-12-28-15-7-3-2-4-8-15/h2-10,14H,11-13H2,1H3,(H,22,24)/t14-/m0/s1. The van der Waals surface area contributed by atoms with Gasteiger partial charge in [-0.3, -0.25) is 19.3 Å². The highest BCUT2D eigenvalue weighted by Crippen LogP contribution is 2.24. The van der Waals surface area contributed by atoms with Crippen LogP contribution in [-0.2, 0) is 14.3 Å². The lowest BCUT2D eigenvalue weighted by Crippen LogP contribution is -2.44. The van der Waals surface area contributed by atoms with Crippen molar-refractivity contribution >= 4 is 23.7 Å². The molecular formula is C21H20N2O6. The molecule has 1 aliphatic heterocycles. The first-order valence-electron chi connectivity index (χ1n) is 9.07. The summed E-state index contributed by atoms with van der Waals surface area (Å²) in [4.78, 5) is 49.7. The summed E-state index contributed by atoms with van der Waals surface area (Å²) in [6, 6.07) is 14.3. The fourth-order valence-electron chi connectivity index (χ4n) is 2.85. The van der Waals surface area contributed by atoms with Crippen LogP contribution in [0, 0.1) is 0 Å². The van der Waals surface area contributed by atoms with Crippen LogP contribution in [0.1, 0.15) is 27.6 Å². The Kier molecular flexibility index (Phi) is 6.23. The van der Waals surface area contributed by atoms with Gasteiger partial charge in [0.2, 0.25) is 0 Å². The van der Waals surface area contributed by atoms with Gasteiger partial charge in [-0.15, -0.1) is 0 Å². The molecule has 2 aromatic carbocycles. The molecular weight excluding hydrogens is 376 g/mol. The molecule has 0 saturated carbocycles. The summed E-state index contributed by atoms with van der Waals surface area (Å²) >= 11 is 0. The van der Waals surface area contributed by atoms with Crippen molar-refractivity contribution in [3.63, 3.8) is 0 Å². The topological polar surface area (TPSA) is 102 Å². The van der Waals surface area contributed by atoms with Crippen LogP contribution in [0.3, 0.4) is 0 Å². The molecule has 3 rings (SSSR count). The average Bonchev–Trinajstić information content (AvgIpc) is 3.00. The largest absolute Gasteiger partial charge is 0.492 e. The van der Waals surface area contributed by atoms with Gasteiger partial charge >= 0.3 is 5.97 Å². The fourth-order valence-corrected chi connectivity index (χ4v) is 2.85. The van der Waals surface area contributed by atoms with Crippen molar-refractivity contribution in [3.05, 3.63) is 65.7 Å². The molecule has 1 N–H and O–H groups in total. The third-order valence-electron chi connectivity index (χ3n) is 4.34. The number of ether oxygens (including phenoxy) is 2. The van der Waals surface area contributed by atoms with Crippen molar-refractivity contribution in [2.45, 2.75) is 13.0 Å². The third kappa shape index (κ3) is 4.60. The fraction of sp³-hybridized carbons (Fsp3) is 0.238. The molecule has 0 spiro atoms. The molecule has 1 aliphatic rings. The van der Waals surface area contributed by atoms with Gasteiger partial charge in [-0.25, -0.2) is 4.79 Å². The SMILES string of the molecule is C[C@@H](C(=O)OCC(=O)NCCOc1ccccc1)N1C(=O)c2ccccc2C1=O. The van der Waals surface area contributed by atoms with Crippen molar-refractivity contribution in [2.75, 3.05) is 19.8 Å². The van der Waals surface area contributed by atoms with E-state index >= 15 is 0 Å². The third-order valence-corrected chi connectivity index (χ3v) is 4.34. The summed E-state index contributed by atoms with van der Waals surface area (Å²) < 4.78 is 10.4. The smallest absolute Gasteiger partial charge is 0.329 e. The Morgan fingerprint density at radius 3 is 2.17 bits per heavy atom. The van der Waals surface area contributed by atoms with Crippen LogP contribution in [0.4, 0.5) is 0 Å². The minimum Gasteiger partial charge on any atom is -0.492 e. The molecule has 8 heteroatoms. The molecule has 0 aromatic heterocycles. The van der Waals surface area contributed by atoms with Crippen molar-refractivity contribution < 1.29 is 28.7 Å². The lowest BCUT2D eigenvalue weighted by molar-refractivity contribution is -0.151. The van der Waals surface area contributed by atoms with E-state index < -0.39 is 36.3 Å². The molecule has 1 heterocycles. The van der Waals surface area contributed by atoms with E-state index in [4.69, 9.17) is 9.47 Å². The van der Waals surface area contributed by atoms with Gasteiger partial charge in [0.1, 0.15) is 18.4 Å². The number of fused-ring (bicyclic) bond motifs is 1. The lowest BCUT2D eigenvalue weighted by Gasteiger charge is -2.20. The normalized spacial score (nSPS) is 13.6. The maximum atomic E-state index is 12.4. The van der Waals surface area contributed by atoms with Crippen LogP contribution < -0.4 is 10.1 Å². The molecule has 29 heavy (non-hydrogen) atoms. The highest BCUT2D eigenvalue weighted by atomic mass is 16.5. The second kappa shape index (κ2) is 9.01. The zero-order chi connectivity index (χ0) is 20.8. The summed E-state index contributed by atoms with van der Waals surface area (Å²) in [6.45, 7) is 1.36. The minimum absolute atomic E-state index is 0.235. The summed E-state index contributed by atoms with van der Waals surface area (Å²) in [6.07, 6.45) is 0. The zero-order valence-electron chi connectivity index (χ0n) is 15.8. The molecule has 0 bridgehead atoms. The molecule has 1 atom stereocenters. The molecule has 3 amide bonds. The van der Waals surface area contributed by atoms with Crippen molar-refractivity contribution in [1.82, 2.24) is 10.2 Å². The van der Waals surface area contributed by atoms with E-state index in [9.17, 15) is 19.2 Å². The van der Waals surface area contributed by atoms with Crippen molar-refractivity contribution in [2.24, 2.45) is 0 Å². The number of para-hydroxylation sites is 1. The van der Waals surface area contributed by atoms with Gasteiger partial charge in [0.15, 0.2) is 6.61 Å². The highest BCUT2D eigenvalue weighted by Gasteiger charge is 2.41. The van der Waals surface area contributed by atoms with Gasteiger partial charge in [0.05, 0.1) is 17.7 Å². The van der Waals surface area contributed by atoms with Gasteiger partial charge in [0, 0.05) is 0 Å². The summed E-state index contributed by atoms with van der Waals surface area (Å²) in [5.74, 6) is -1.78. The summed E-state index contributed by atoms with van der Waals surface area (Å²) in [5.41, 5.74) is 0.488. The Hall–Kier alpha value is -3.68. The molecule has 0 aliphatic carbocycles.